The Labute approximate surface area is 154 Å². The normalized spacial score (nSPS) is 10.8. The molecule has 0 aliphatic carbocycles. The van der Waals surface area contributed by atoms with E-state index in [2.05, 4.69) is 10.1 Å². The number of rotatable bonds is 7. The van der Waals surface area contributed by atoms with E-state index in [9.17, 15) is 40.2 Å². The molecule has 0 bridgehead atoms. The number of nitrogens with one attached hydrogen (secondary N) is 1. The number of nitro groups is 3. The average Bonchev–Trinajstić information content (AvgIpc) is 2.96. The number of non-ortho nitro benzene ring substituents is 1. The lowest BCUT2D eigenvalue weighted by Crippen LogP contribution is -2.24. The van der Waals surface area contributed by atoms with Crippen LogP contribution >= 0.6 is 0 Å². The molecule has 1 aromatic carbocycles. The third-order valence-electron chi connectivity index (χ3n) is 3.43. The Morgan fingerprint density at radius 3 is 2.50 bits per heavy atom. The van der Waals surface area contributed by atoms with Gasteiger partial charge >= 0.3 is 11.5 Å². The number of hydrogen-bond acceptors (Lipinski definition) is 10. The van der Waals surface area contributed by atoms with Gasteiger partial charge in [0.1, 0.15) is 6.20 Å². The van der Waals surface area contributed by atoms with Gasteiger partial charge in [0.25, 0.3) is 11.6 Å². The van der Waals surface area contributed by atoms with Crippen molar-refractivity contribution in [2.75, 3.05) is 0 Å². The molecule has 1 aromatic heterocycles. The number of nitrogens with zero attached hydrogens (tertiary/aromatic N) is 6. The van der Waals surface area contributed by atoms with Crippen LogP contribution in [0.25, 0.3) is 0 Å². The highest BCUT2D eigenvalue weighted by Crippen LogP contribution is 2.33. The molecule has 2 rings (SSSR count). The number of carbonyl (C=O) groups is 1. The third kappa shape index (κ3) is 4.21. The molecule has 28 heavy (non-hydrogen) atoms. The van der Waals surface area contributed by atoms with E-state index in [1.165, 1.54) is 6.92 Å². The number of benzene rings is 1. The average molecular weight is 393 g/mol. The van der Waals surface area contributed by atoms with Crippen LogP contribution in [-0.4, -0.2) is 41.5 Å². The predicted octanol–water partition coefficient (Wildman–Crippen LogP) is 0.772. The molecule has 0 fully saturated rings. The summed E-state index contributed by atoms with van der Waals surface area (Å²) in [6.45, 7) is 0.949. The van der Waals surface area contributed by atoms with Crippen LogP contribution in [0.2, 0.25) is 0 Å². The van der Waals surface area contributed by atoms with Gasteiger partial charge in [0, 0.05) is 13.0 Å². The minimum absolute atomic E-state index is 0.206. The van der Waals surface area contributed by atoms with E-state index in [4.69, 9.17) is 0 Å². The standard InChI is InChI=1S/C13H11N7O8/c1-7-14-5-12(20(27)28)17(7)6-11(21)16-15-4-8-2-9(18(23)24)3-10(13(8)22)19(25)26/h2-5,22H,6H2,1H3,(H,16,21)/b15-4-. The fraction of sp³-hybridized carbons (Fsp3) is 0.154. The quantitative estimate of drug-likeness (QED) is 0.386. The highest BCUT2D eigenvalue weighted by Gasteiger charge is 2.23. The van der Waals surface area contributed by atoms with Gasteiger partial charge in [-0.05, 0) is 4.92 Å². The van der Waals surface area contributed by atoms with Gasteiger partial charge in [-0.1, -0.05) is 0 Å². The summed E-state index contributed by atoms with van der Waals surface area (Å²) in [7, 11) is 0. The molecule has 0 unspecified atom stereocenters. The van der Waals surface area contributed by atoms with E-state index in [1.807, 2.05) is 5.43 Å². The molecule has 1 amide bonds. The number of carbonyl (C=O) groups excluding carboxylic acids is 1. The predicted molar refractivity (Wildman–Crippen MR) is 90.8 cm³/mol. The van der Waals surface area contributed by atoms with E-state index in [0.29, 0.717) is 6.07 Å². The number of aromatic hydroxyl groups is 1. The summed E-state index contributed by atoms with van der Waals surface area (Å²) < 4.78 is 1.01. The lowest BCUT2D eigenvalue weighted by molar-refractivity contribution is -0.394. The summed E-state index contributed by atoms with van der Waals surface area (Å²) in [6, 6.07) is 1.40. The van der Waals surface area contributed by atoms with E-state index in [1.54, 1.807) is 0 Å². The van der Waals surface area contributed by atoms with Gasteiger partial charge in [-0.15, -0.1) is 0 Å². The molecule has 0 saturated carbocycles. The Kier molecular flexibility index (Phi) is 5.58. The molecule has 15 heteroatoms. The van der Waals surface area contributed by atoms with Gasteiger partial charge in [0.05, 0.1) is 27.7 Å². The monoisotopic (exact) mass is 393 g/mol. The van der Waals surface area contributed by atoms with Gasteiger partial charge in [0.15, 0.2) is 12.4 Å². The summed E-state index contributed by atoms with van der Waals surface area (Å²) in [5, 5.41) is 45.9. The minimum Gasteiger partial charge on any atom is -0.502 e. The van der Waals surface area contributed by atoms with Crippen LogP contribution in [0.5, 0.6) is 5.75 Å². The van der Waals surface area contributed by atoms with E-state index in [-0.39, 0.29) is 11.4 Å². The SMILES string of the molecule is Cc1ncc([N+](=O)[O-])n1CC(=O)N/N=C\c1cc([N+](=O)[O-])cc([N+](=O)[O-])c1O. The minimum atomic E-state index is -1.01. The first-order valence-corrected chi connectivity index (χ1v) is 7.26. The van der Waals surface area contributed by atoms with E-state index >= 15 is 0 Å². The number of nitro benzene ring substituents is 2. The lowest BCUT2D eigenvalue weighted by Gasteiger charge is -2.03. The fourth-order valence-corrected chi connectivity index (χ4v) is 2.12. The van der Waals surface area contributed by atoms with Crippen molar-refractivity contribution in [3.8, 4) is 5.75 Å². The molecule has 2 aromatic rings. The Morgan fingerprint density at radius 2 is 1.93 bits per heavy atom. The van der Waals surface area contributed by atoms with E-state index < -0.39 is 50.2 Å². The van der Waals surface area contributed by atoms with Crippen LogP contribution in [0.1, 0.15) is 11.4 Å². The number of aromatic nitrogens is 2. The second-order valence-corrected chi connectivity index (χ2v) is 5.22. The van der Waals surface area contributed by atoms with Crippen molar-refractivity contribution in [1.29, 1.82) is 0 Å². The van der Waals surface area contributed by atoms with Crippen LogP contribution in [0.15, 0.2) is 23.4 Å². The number of phenolic OH excluding ortho intramolecular Hbond substituents is 1. The summed E-state index contributed by atoms with van der Waals surface area (Å²) in [4.78, 5) is 45.6. The number of amides is 1. The summed E-state index contributed by atoms with van der Waals surface area (Å²) in [5.74, 6) is -1.89. The van der Waals surface area contributed by atoms with E-state index in [0.717, 1.165) is 23.0 Å². The second-order valence-electron chi connectivity index (χ2n) is 5.22. The second kappa shape index (κ2) is 7.85. The fourth-order valence-electron chi connectivity index (χ4n) is 2.12. The maximum Gasteiger partial charge on any atom is 0.343 e. The van der Waals surface area contributed by atoms with Gasteiger partial charge in [0.2, 0.25) is 5.75 Å². The first-order valence-electron chi connectivity index (χ1n) is 7.26. The van der Waals surface area contributed by atoms with Gasteiger partial charge in [-0.2, -0.15) is 5.10 Å². The molecule has 0 saturated heterocycles. The number of aryl methyl sites for hydroxylation is 1. The lowest BCUT2D eigenvalue weighted by atomic mass is 10.1. The van der Waals surface area contributed by atoms with Crippen molar-refractivity contribution in [3.05, 3.63) is 60.1 Å². The molecule has 0 atom stereocenters. The molecular formula is C13H11N7O8. The number of hydrogen-bond donors (Lipinski definition) is 2. The van der Waals surface area contributed by atoms with Gasteiger partial charge in [-0.25, -0.2) is 15.0 Å². The summed E-state index contributed by atoms with van der Waals surface area (Å²) in [5.41, 5.74) is 0.0371. The van der Waals surface area contributed by atoms with Gasteiger partial charge < -0.3 is 15.2 Å². The molecule has 1 heterocycles. The van der Waals surface area contributed by atoms with Crippen molar-refractivity contribution in [1.82, 2.24) is 15.0 Å². The van der Waals surface area contributed by atoms with Crippen LogP contribution in [0.3, 0.4) is 0 Å². The topological polar surface area (TPSA) is 209 Å². The Morgan fingerprint density at radius 1 is 1.25 bits per heavy atom. The van der Waals surface area contributed by atoms with Crippen LogP contribution in [-0.2, 0) is 11.3 Å². The van der Waals surface area contributed by atoms with Crippen LogP contribution in [0, 0.1) is 37.3 Å². The van der Waals surface area contributed by atoms with Crippen molar-refractivity contribution >= 4 is 29.3 Å². The molecule has 15 nitrogen and oxygen atoms in total. The first-order chi connectivity index (χ1) is 13.1. The zero-order valence-corrected chi connectivity index (χ0v) is 14.0. The molecule has 146 valence electrons. The third-order valence-corrected chi connectivity index (χ3v) is 3.43. The molecule has 0 spiro atoms. The Bertz CT molecular complexity index is 1010. The van der Waals surface area contributed by atoms with Gasteiger partial charge in [-0.3, -0.25) is 25.0 Å². The largest absolute Gasteiger partial charge is 0.502 e. The summed E-state index contributed by atoms with van der Waals surface area (Å²) in [6.07, 6.45) is 1.74. The Hall–Kier alpha value is -4.43. The number of hydrazone groups is 1. The maximum atomic E-state index is 11.9. The molecular weight excluding hydrogens is 382 g/mol. The zero-order valence-electron chi connectivity index (χ0n) is 14.0. The molecule has 0 aliphatic heterocycles. The molecule has 0 aliphatic rings. The molecule has 0 radical (unpaired) electrons. The maximum absolute atomic E-state index is 11.9. The smallest absolute Gasteiger partial charge is 0.343 e. The number of phenols is 1. The van der Waals surface area contributed by atoms with Crippen molar-refractivity contribution in [2.24, 2.45) is 5.10 Å². The van der Waals surface area contributed by atoms with Crippen molar-refractivity contribution in [3.63, 3.8) is 0 Å². The first kappa shape index (κ1) is 19.9. The molecule has 2 N–H and O–H groups in total. The van der Waals surface area contributed by atoms with Crippen molar-refractivity contribution < 1.29 is 24.7 Å². The summed E-state index contributed by atoms with van der Waals surface area (Å²) >= 11 is 0. The van der Waals surface area contributed by atoms with Crippen LogP contribution in [0.4, 0.5) is 17.2 Å². The van der Waals surface area contributed by atoms with Crippen molar-refractivity contribution in [2.45, 2.75) is 13.5 Å². The Balaban J connectivity index is 2.20. The highest BCUT2D eigenvalue weighted by molar-refractivity contribution is 5.88. The zero-order chi connectivity index (χ0) is 21.0. The number of imidazole rings is 1. The van der Waals surface area contributed by atoms with Crippen LogP contribution < -0.4 is 5.43 Å². The highest BCUT2D eigenvalue weighted by atomic mass is 16.6.